The Morgan fingerprint density at radius 3 is 3.20 bits per heavy atom. The van der Waals surface area contributed by atoms with E-state index in [1.54, 1.807) is 12.4 Å². The predicted octanol–water partition coefficient (Wildman–Crippen LogP) is 1.99. The van der Waals surface area contributed by atoms with Gasteiger partial charge in [0, 0.05) is 12.2 Å². The molecule has 0 aromatic carbocycles. The number of aromatic nitrogens is 1. The van der Waals surface area contributed by atoms with Crippen molar-refractivity contribution in [2.75, 3.05) is 13.2 Å². The molecular weight excluding hydrogens is 188 g/mol. The molecule has 1 atom stereocenters. The first-order chi connectivity index (χ1) is 7.45. The lowest BCUT2D eigenvalue weighted by atomic mass is 10.0. The van der Waals surface area contributed by atoms with Gasteiger partial charge in [-0.15, -0.1) is 0 Å². The van der Waals surface area contributed by atoms with Crippen LogP contribution in [0.15, 0.2) is 24.5 Å². The molecule has 3 nitrogen and oxygen atoms in total. The molecule has 1 aliphatic rings. The average Bonchev–Trinajstić information content (AvgIpc) is 2.32. The highest BCUT2D eigenvalue weighted by molar-refractivity contribution is 5.15. The Labute approximate surface area is 90.9 Å². The fourth-order valence-corrected chi connectivity index (χ4v) is 1.92. The van der Waals surface area contributed by atoms with Crippen LogP contribution in [0.4, 0.5) is 0 Å². The maximum Gasteiger partial charge on any atom is 0.137 e. The maximum absolute atomic E-state index is 5.61. The van der Waals surface area contributed by atoms with Crippen LogP contribution in [0.1, 0.15) is 25.7 Å². The van der Waals surface area contributed by atoms with Crippen LogP contribution in [0.5, 0.6) is 5.75 Å². The van der Waals surface area contributed by atoms with Crippen molar-refractivity contribution in [3.8, 4) is 5.75 Å². The van der Waals surface area contributed by atoms with Crippen LogP contribution in [0.3, 0.4) is 0 Å². The molecule has 0 saturated carbocycles. The second-order valence-electron chi connectivity index (χ2n) is 3.97. The molecule has 2 rings (SSSR count). The standard InChI is InChI=1S/C12H18N2O/c1-2-8-14-11(4-1)6-9-15-12-5-3-7-13-10-12/h3,5,7,10-11,14H,1-2,4,6,8-9H2/t11-/m1/s1. The molecule has 2 heterocycles. The van der Waals surface area contributed by atoms with Gasteiger partial charge in [-0.25, -0.2) is 0 Å². The molecule has 0 spiro atoms. The topological polar surface area (TPSA) is 34.1 Å². The minimum Gasteiger partial charge on any atom is -0.492 e. The zero-order chi connectivity index (χ0) is 10.3. The number of ether oxygens (including phenoxy) is 1. The number of nitrogens with one attached hydrogen (secondary N) is 1. The van der Waals surface area contributed by atoms with E-state index in [1.807, 2.05) is 12.1 Å². The zero-order valence-electron chi connectivity index (χ0n) is 8.98. The van der Waals surface area contributed by atoms with E-state index < -0.39 is 0 Å². The lowest BCUT2D eigenvalue weighted by Gasteiger charge is -2.23. The Hall–Kier alpha value is -1.09. The molecule has 3 heteroatoms. The zero-order valence-corrected chi connectivity index (χ0v) is 8.98. The SMILES string of the molecule is c1cncc(OCC[C@H]2CCCCN2)c1. The Balaban J connectivity index is 1.66. The van der Waals surface area contributed by atoms with Crippen molar-refractivity contribution in [3.63, 3.8) is 0 Å². The first-order valence-electron chi connectivity index (χ1n) is 5.71. The van der Waals surface area contributed by atoms with Crippen molar-refractivity contribution in [1.82, 2.24) is 10.3 Å². The van der Waals surface area contributed by atoms with E-state index >= 15 is 0 Å². The van der Waals surface area contributed by atoms with Gasteiger partial charge >= 0.3 is 0 Å². The van der Waals surface area contributed by atoms with Gasteiger partial charge in [0.2, 0.25) is 0 Å². The highest BCUT2D eigenvalue weighted by Gasteiger charge is 2.11. The van der Waals surface area contributed by atoms with Crippen molar-refractivity contribution < 1.29 is 4.74 Å². The first kappa shape index (κ1) is 10.4. The van der Waals surface area contributed by atoms with E-state index in [0.29, 0.717) is 6.04 Å². The molecule has 1 N–H and O–H groups in total. The fraction of sp³-hybridized carbons (Fsp3) is 0.583. The largest absolute Gasteiger partial charge is 0.492 e. The van der Waals surface area contributed by atoms with Crippen molar-refractivity contribution in [2.45, 2.75) is 31.7 Å². The monoisotopic (exact) mass is 206 g/mol. The molecule has 1 saturated heterocycles. The van der Waals surface area contributed by atoms with Gasteiger partial charge in [0.25, 0.3) is 0 Å². The van der Waals surface area contributed by atoms with E-state index in [2.05, 4.69) is 10.3 Å². The summed E-state index contributed by atoms with van der Waals surface area (Å²) in [5.74, 6) is 0.869. The first-order valence-corrected chi connectivity index (χ1v) is 5.71. The van der Waals surface area contributed by atoms with Gasteiger partial charge in [-0.3, -0.25) is 4.98 Å². The van der Waals surface area contributed by atoms with Crippen molar-refractivity contribution in [2.24, 2.45) is 0 Å². The third-order valence-corrected chi connectivity index (χ3v) is 2.78. The van der Waals surface area contributed by atoms with E-state index in [9.17, 15) is 0 Å². The number of piperidine rings is 1. The Morgan fingerprint density at radius 1 is 1.47 bits per heavy atom. The van der Waals surface area contributed by atoms with Crippen LogP contribution in [-0.4, -0.2) is 24.2 Å². The van der Waals surface area contributed by atoms with E-state index in [1.165, 1.54) is 19.3 Å². The summed E-state index contributed by atoms with van der Waals surface area (Å²) in [6, 6.07) is 4.49. The van der Waals surface area contributed by atoms with Crippen LogP contribution in [0, 0.1) is 0 Å². The molecule has 1 aromatic heterocycles. The minimum atomic E-state index is 0.649. The normalized spacial score (nSPS) is 21.2. The summed E-state index contributed by atoms with van der Waals surface area (Å²) in [7, 11) is 0. The number of hydrogen-bond donors (Lipinski definition) is 1. The summed E-state index contributed by atoms with van der Waals surface area (Å²) in [5, 5.41) is 3.51. The smallest absolute Gasteiger partial charge is 0.137 e. The van der Waals surface area contributed by atoms with Gasteiger partial charge in [-0.1, -0.05) is 6.42 Å². The maximum atomic E-state index is 5.61. The molecule has 0 unspecified atom stereocenters. The van der Waals surface area contributed by atoms with Crippen LogP contribution in [0.25, 0.3) is 0 Å². The molecule has 0 aliphatic carbocycles. The van der Waals surface area contributed by atoms with Crippen molar-refractivity contribution in [3.05, 3.63) is 24.5 Å². The average molecular weight is 206 g/mol. The molecule has 1 aromatic rings. The molecule has 15 heavy (non-hydrogen) atoms. The van der Waals surface area contributed by atoms with Crippen LogP contribution >= 0.6 is 0 Å². The highest BCUT2D eigenvalue weighted by atomic mass is 16.5. The lowest BCUT2D eigenvalue weighted by molar-refractivity contribution is 0.267. The second kappa shape index (κ2) is 5.71. The Kier molecular flexibility index (Phi) is 3.97. The molecule has 1 aliphatic heterocycles. The van der Waals surface area contributed by atoms with Gasteiger partial charge in [0.1, 0.15) is 5.75 Å². The summed E-state index contributed by atoms with van der Waals surface area (Å²) in [6.45, 7) is 1.95. The van der Waals surface area contributed by atoms with Crippen molar-refractivity contribution in [1.29, 1.82) is 0 Å². The van der Waals surface area contributed by atoms with Crippen LogP contribution in [-0.2, 0) is 0 Å². The lowest BCUT2D eigenvalue weighted by Crippen LogP contribution is -2.35. The Bertz CT molecular complexity index is 270. The van der Waals surface area contributed by atoms with Gasteiger partial charge in [-0.2, -0.15) is 0 Å². The predicted molar refractivity (Wildman–Crippen MR) is 60.0 cm³/mol. The van der Waals surface area contributed by atoms with E-state index in [0.717, 1.165) is 25.3 Å². The quantitative estimate of drug-likeness (QED) is 0.818. The fourth-order valence-electron chi connectivity index (χ4n) is 1.92. The number of nitrogens with zero attached hydrogens (tertiary/aromatic N) is 1. The van der Waals surface area contributed by atoms with Gasteiger partial charge < -0.3 is 10.1 Å². The number of rotatable bonds is 4. The van der Waals surface area contributed by atoms with Crippen molar-refractivity contribution >= 4 is 0 Å². The summed E-state index contributed by atoms with van der Waals surface area (Å²) >= 11 is 0. The highest BCUT2D eigenvalue weighted by Crippen LogP contribution is 2.11. The van der Waals surface area contributed by atoms with Gasteiger partial charge in [0.05, 0.1) is 12.8 Å². The summed E-state index contributed by atoms with van der Waals surface area (Å²) in [4.78, 5) is 4.01. The summed E-state index contributed by atoms with van der Waals surface area (Å²) in [5.41, 5.74) is 0. The third-order valence-electron chi connectivity index (χ3n) is 2.78. The van der Waals surface area contributed by atoms with Gasteiger partial charge in [0.15, 0.2) is 0 Å². The number of pyridine rings is 1. The van der Waals surface area contributed by atoms with E-state index in [4.69, 9.17) is 4.74 Å². The summed E-state index contributed by atoms with van der Waals surface area (Å²) < 4.78 is 5.61. The van der Waals surface area contributed by atoms with E-state index in [-0.39, 0.29) is 0 Å². The summed E-state index contributed by atoms with van der Waals surface area (Å²) in [6.07, 6.45) is 8.57. The molecular formula is C12H18N2O. The molecule has 0 amide bonds. The second-order valence-corrected chi connectivity index (χ2v) is 3.97. The van der Waals surface area contributed by atoms with Gasteiger partial charge in [-0.05, 0) is 37.9 Å². The molecule has 0 radical (unpaired) electrons. The third kappa shape index (κ3) is 3.51. The molecule has 82 valence electrons. The van der Waals surface area contributed by atoms with Crippen LogP contribution in [0.2, 0.25) is 0 Å². The molecule has 0 bridgehead atoms. The van der Waals surface area contributed by atoms with Crippen LogP contribution < -0.4 is 10.1 Å². The minimum absolute atomic E-state index is 0.649. The Morgan fingerprint density at radius 2 is 2.47 bits per heavy atom. The molecule has 1 fully saturated rings. The number of hydrogen-bond acceptors (Lipinski definition) is 3.